The lowest BCUT2D eigenvalue weighted by Crippen LogP contribution is -2.50. The number of hydrogen-bond donors (Lipinski definition) is 3. The van der Waals surface area contributed by atoms with Gasteiger partial charge in [-0.15, -0.1) is 0 Å². The maximum absolute atomic E-state index is 12.8. The van der Waals surface area contributed by atoms with E-state index in [0.717, 1.165) is 5.56 Å². The lowest BCUT2D eigenvalue weighted by atomic mass is 10.1. The number of hydrogen-bond acceptors (Lipinski definition) is 4. The van der Waals surface area contributed by atoms with Crippen LogP contribution in [0.3, 0.4) is 0 Å². The molecule has 1 fully saturated rings. The van der Waals surface area contributed by atoms with E-state index in [-0.39, 0.29) is 11.8 Å². The molecule has 4 N–H and O–H groups in total. The number of urea groups is 1. The van der Waals surface area contributed by atoms with Crippen LogP contribution in [0, 0.1) is 0 Å². The quantitative estimate of drug-likeness (QED) is 0.591. The van der Waals surface area contributed by atoms with Crippen molar-refractivity contribution in [2.75, 3.05) is 31.5 Å². The number of nitrogens with one attached hydrogen (secondary N) is 2. The molecule has 0 bridgehead atoms. The number of carbonyl (C=O) groups excluding carboxylic acids is 4. The van der Waals surface area contributed by atoms with Crippen LogP contribution >= 0.6 is 0 Å². The van der Waals surface area contributed by atoms with Crippen molar-refractivity contribution in [3.63, 3.8) is 0 Å². The molecule has 0 aliphatic carbocycles. The normalized spacial score (nSPS) is 14.3. The monoisotopic (exact) mass is 451 g/mol. The first-order chi connectivity index (χ1) is 15.8. The zero-order valence-electron chi connectivity index (χ0n) is 18.6. The van der Waals surface area contributed by atoms with Gasteiger partial charge in [-0.1, -0.05) is 36.4 Å². The Hall–Kier alpha value is -3.88. The van der Waals surface area contributed by atoms with Crippen LogP contribution in [0.1, 0.15) is 29.3 Å². The maximum atomic E-state index is 12.8. The van der Waals surface area contributed by atoms with Gasteiger partial charge in [0.15, 0.2) is 0 Å². The number of amides is 5. The second kappa shape index (κ2) is 11.1. The smallest absolute Gasteiger partial charge is 0.319 e. The lowest BCUT2D eigenvalue weighted by Gasteiger charge is -2.34. The van der Waals surface area contributed by atoms with E-state index in [9.17, 15) is 19.2 Å². The molecule has 174 valence electrons. The number of carbonyl (C=O) groups is 4. The molecule has 5 amide bonds. The van der Waals surface area contributed by atoms with Gasteiger partial charge in [-0.2, -0.15) is 0 Å². The molecule has 0 unspecified atom stereocenters. The number of rotatable bonds is 7. The third kappa shape index (κ3) is 6.80. The minimum Gasteiger partial charge on any atom is -0.368 e. The van der Waals surface area contributed by atoms with Gasteiger partial charge in [-0.05, 0) is 36.6 Å². The van der Waals surface area contributed by atoms with E-state index in [4.69, 9.17) is 5.73 Å². The van der Waals surface area contributed by atoms with Crippen LogP contribution in [-0.2, 0) is 16.0 Å². The third-order valence-corrected chi connectivity index (χ3v) is 5.59. The van der Waals surface area contributed by atoms with Crippen LogP contribution in [-0.4, -0.2) is 65.8 Å². The fraction of sp³-hybridized carbons (Fsp3) is 0.333. The summed E-state index contributed by atoms with van der Waals surface area (Å²) in [7, 11) is 0. The Morgan fingerprint density at radius 1 is 0.939 bits per heavy atom. The van der Waals surface area contributed by atoms with Crippen molar-refractivity contribution in [1.29, 1.82) is 0 Å². The summed E-state index contributed by atoms with van der Waals surface area (Å²) >= 11 is 0. The van der Waals surface area contributed by atoms with E-state index in [2.05, 4.69) is 10.6 Å². The molecule has 3 rings (SSSR count). The molecule has 9 nitrogen and oxygen atoms in total. The van der Waals surface area contributed by atoms with Crippen LogP contribution in [0.5, 0.6) is 0 Å². The zero-order chi connectivity index (χ0) is 23.8. The summed E-state index contributed by atoms with van der Waals surface area (Å²) in [6, 6.07) is 14.8. The van der Waals surface area contributed by atoms with Gasteiger partial charge in [0.1, 0.15) is 6.04 Å². The average molecular weight is 452 g/mol. The fourth-order valence-electron chi connectivity index (χ4n) is 3.70. The molecule has 0 saturated carbocycles. The molecular weight excluding hydrogens is 422 g/mol. The molecule has 1 heterocycles. The predicted octanol–water partition coefficient (Wildman–Crippen LogP) is 1.60. The van der Waals surface area contributed by atoms with Gasteiger partial charge in [0.25, 0.3) is 5.91 Å². The first kappa shape index (κ1) is 23.8. The third-order valence-electron chi connectivity index (χ3n) is 5.59. The fourth-order valence-corrected chi connectivity index (χ4v) is 3.70. The minimum atomic E-state index is -0.826. The minimum absolute atomic E-state index is 0.00246. The van der Waals surface area contributed by atoms with E-state index >= 15 is 0 Å². The van der Waals surface area contributed by atoms with Crippen molar-refractivity contribution in [2.45, 2.75) is 25.8 Å². The number of aryl methyl sites for hydroxylation is 1. The van der Waals surface area contributed by atoms with Crippen LogP contribution < -0.4 is 16.4 Å². The van der Waals surface area contributed by atoms with Crippen molar-refractivity contribution >= 4 is 29.4 Å². The highest BCUT2D eigenvalue weighted by Crippen LogP contribution is 2.15. The summed E-state index contributed by atoms with van der Waals surface area (Å²) in [6.07, 6.45) is 0.965. The number of anilines is 1. The first-order valence-corrected chi connectivity index (χ1v) is 10.9. The van der Waals surface area contributed by atoms with E-state index < -0.39 is 18.0 Å². The van der Waals surface area contributed by atoms with Crippen LogP contribution in [0.25, 0.3) is 0 Å². The lowest BCUT2D eigenvalue weighted by molar-refractivity contribution is -0.130. The maximum Gasteiger partial charge on any atom is 0.319 e. The summed E-state index contributed by atoms with van der Waals surface area (Å²) in [6.45, 7) is 3.43. The Labute approximate surface area is 192 Å². The van der Waals surface area contributed by atoms with E-state index in [1.54, 1.807) is 34.1 Å². The highest BCUT2D eigenvalue weighted by atomic mass is 16.2. The number of benzene rings is 2. The van der Waals surface area contributed by atoms with Crippen LogP contribution in [0.2, 0.25) is 0 Å². The Morgan fingerprint density at radius 3 is 2.24 bits per heavy atom. The van der Waals surface area contributed by atoms with Crippen molar-refractivity contribution in [3.05, 3.63) is 65.7 Å². The van der Waals surface area contributed by atoms with E-state index in [1.165, 1.54) is 6.92 Å². The number of nitrogens with zero attached hydrogens (tertiary/aromatic N) is 2. The van der Waals surface area contributed by atoms with Gasteiger partial charge in [-0.3, -0.25) is 14.4 Å². The highest BCUT2D eigenvalue weighted by molar-refractivity contribution is 5.97. The Morgan fingerprint density at radius 2 is 1.61 bits per heavy atom. The average Bonchev–Trinajstić information content (AvgIpc) is 2.82. The van der Waals surface area contributed by atoms with Crippen molar-refractivity contribution in [1.82, 2.24) is 15.1 Å². The van der Waals surface area contributed by atoms with E-state index in [0.29, 0.717) is 50.3 Å². The zero-order valence-corrected chi connectivity index (χ0v) is 18.6. The second-order valence-corrected chi connectivity index (χ2v) is 7.96. The van der Waals surface area contributed by atoms with E-state index in [1.807, 2.05) is 30.3 Å². The molecule has 0 aromatic heterocycles. The van der Waals surface area contributed by atoms with Gasteiger partial charge in [0.2, 0.25) is 11.8 Å². The Balaban J connectivity index is 1.56. The Kier molecular flexibility index (Phi) is 8.01. The highest BCUT2D eigenvalue weighted by Gasteiger charge is 2.24. The molecule has 2 aromatic rings. The molecule has 1 saturated heterocycles. The number of primary amides is 1. The first-order valence-electron chi connectivity index (χ1n) is 10.9. The molecule has 33 heavy (non-hydrogen) atoms. The largest absolute Gasteiger partial charge is 0.368 e. The van der Waals surface area contributed by atoms with Gasteiger partial charge < -0.3 is 26.2 Å². The molecule has 1 aliphatic rings. The summed E-state index contributed by atoms with van der Waals surface area (Å²) in [5.41, 5.74) is 7.36. The van der Waals surface area contributed by atoms with Gasteiger partial charge in [0.05, 0.1) is 0 Å². The van der Waals surface area contributed by atoms with Crippen molar-refractivity contribution in [3.8, 4) is 0 Å². The van der Waals surface area contributed by atoms with Crippen LogP contribution in [0.15, 0.2) is 54.6 Å². The SMILES string of the molecule is CC(=O)N1CCN(C(=O)c2cccc(NC(=O)N[C@H](CCc3ccccc3)C(N)=O)c2)CC1. The summed E-state index contributed by atoms with van der Waals surface area (Å²) < 4.78 is 0. The molecular formula is C24H29N5O4. The Bertz CT molecular complexity index is 1000. The van der Waals surface area contributed by atoms with Crippen LogP contribution in [0.4, 0.5) is 10.5 Å². The summed E-state index contributed by atoms with van der Waals surface area (Å²) in [4.78, 5) is 52.0. The number of piperazine rings is 1. The predicted molar refractivity (Wildman–Crippen MR) is 124 cm³/mol. The van der Waals surface area contributed by atoms with Gasteiger partial charge >= 0.3 is 6.03 Å². The summed E-state index contributed by atoms with van der Waals surface area (Å²) in [5, 5.41) is 5.27. The topological polar surface area (TPSA) is 125 Å². The molecule has 0 spiro atoms. The molecule has 1 atom stereocenters. The van der Waals surface area contributed by atoms with Gasteiger partial charge in [-0.25, -0.2) is 4.79 Å². The molecule has 2 aromatic carbocycles. The summed E-state index contributed by atoms with van der Waals surface area (Å²) in [5.74, 6) is -0.785. The molecule has 1 aliphatic heterocycles. The second-order valence-electron chi connectivity index (χ2n) is 7.96. The van der Waals surface area contributed by atoms with Gasteiger partial charge in [0, 0.05) is 44.4 Å². The standard InChI is InChI=1S/C24H29N5O4/c1-17(30)28-12-14-29(15-13-28)23(32)19-8-5-9-20(16-19)26-24(33)27-21(22(25)31)11-10-18-6-3-2-4-7-18/h2-9,16,21H,10-15H2,1H3,(H2,25,31)(H2,26,27,33)/t21-/m1/s1. The number of nitrogens with two attached hydrogens (primary N) is 1. The van der Waals surface area contributed by atoms with Crippen molar-refractivity contribution in [2.24, 2.45) is 5.73 Å². The molecule has 9 heteroatoms. The molecule has 0 radical (unpaired) electrons. The van der Waals surface area contributed by atoms with Crippen molar-refractivity contribution < 1.29 is 19.2 Å².